The van der Waals surface area contributed by atoms with Crippen LogP contribution in [0, 0.1) is 10.1 Å². The highest BCUT2D eigenvalue weighted by atomic mass is 35.5. The van der Waals surface area contributed by atoms with E-state index in [0.717, 1.165) is 11.0 Å². The average molecular weight is 335 g/mol. The van der Waals surface area contributed by atoms with Gasteiger partial charge in [0.25, 0.3) is 5.69 Å². The van der Waals surface area contributed by atoms with Crippen molar-refractivity contribution in [2.45, 2.75) is 9.79 Å². The lowest BCUT2D eigenvalue weighted by molar-refractivity contribution is -0.384. The number of nitro groups is 1. The van der Waals surface area contributed by atoms with Crippen molar-refractivity contribution in [3.05, 3.63) is 69.2 Å². The molecular weight excluding hydrogens is 326 g/mol. The monoisotopic (exact) mass is 334 g/mol. The lowest BCUT2D eigenvalue weighted by atomic mass is 10.2. The third kappa shape index (κ3) is 4.34. The normalized spacial score (nSPS) is 10.8. The second-order valence-electron chi connectivity index (χ2n) is 4.19. The van der Waals surface area contributed by atoms with E-state index in [1.807, 2.05) is 0 Å². The third-order valence-electron chi connectivity index (χ3n) is 2.64. The standard InChI is InChI=1S/C15H10ClNO4S/c16-11-2-5-13(6-3-11)22-14-7-4-12(17(20)21)9-10(14)1-8-15(18)19/h1-9H,(H,18,19)/p-1. The summed E-state index contributed by atoms with van der Waals surface area (Å²) in [5.74, 6) is -1.37. The first-order valence-electron chi connectivity index (χ1n) is 6.06. The smallest absolute Gasteiger partial charge is 0.270 e. The Labute approximate surface area is 135 Å². The zero-order valence-electron chi connectivity index (χ0n) is 11.1. The summed E-state index contributed by atoms with van der Waals surface area (Å²) in [7, 11) is 0. The topological polar surface area (TPSA) is 83.3 Å². The fraction of sp³-hybridized carbons (Fsp3) is 0. The van der Waals surface area contributed by atoms with Crippen LogP contribution in [0.3, 0.4) is 0 Å². The molecule has 0 saturated carbocycles. The molecule has 0 unspecified atom stereocenters. The van der Waals surface area contributed by atoms with Gasteiger partial charge in [-0.05, 0) is 42.0 Å². The Kier molecular flexibility index (Phi) is 5.19. The summed E-state index contributed by atoms with van der Waals surface area (Å²) in [4.78, 5) is 22.4. The van der Waals surface area contributed by atoms with Crippen LogP contribution in [0.5, 0.6) is 0 Å². The van der Waals surface area contributed by atoms with Crippen molar-refractivity contribution in [2.75, 3.05) is 0 Å². The summed E-state index contributed by atoms with van der Waals surface area (Å²) >= 11 is 7.17. The van der Waals surface area contributed by atoms with E-state index in [0.29, 0.717) is 15.5 Å². The van der Waals surface area contributed by atoms with Gasteiger partial charge in [-0.2, -0.15) is 0 Å². The molecule has 0 aliphatic carbocycles. The second-order valence-corrected chi connectivity index (χ2v) is 5.74. The highest BCUT2D eigenvalue weighted by molar-refractivity contribution is 7.99. The molecule has 2 aromatic carbocycles. The van der Waals surface area contributed by atoms with Gasteiger partial charge in [-0.1, -0.05) is 29.4 Å². The largest absolute Gasteiger partial charge is 0.545 e. The molecule has 2 aromatic rings. The number of carbonyl (C=O) groups excluding carboxylic acids is 1. The van der Waals surface area contributed by atoms with E-state index in [-0.39, 0.29) is 5.69 Å². The number of hydrogen-bond donors (Lipinski definition) is 0. The van der Waals surface area contributed by atoms with Crippen molar-refractivity contribution in [1.82, 2.24) is 0 Å². The number of rotatable bonds is 5. The van der Waals surface area contributed by atoms with Crippen molar-refractivity contribution in [3.8, 4) is 0 Å². The van der Waals surface area contributed by atoms with Crippen LogP contribution in [0.1, 0.15) is 5.56 Å². The van der Waals surface area contributed by atoms with Gasteiger partial charge < -0.3 is 9.90 Å². The molecule has 0 bridgehead atoms. The number of carboxylic acids is 1. The van der Waals surface area contributed by atoms with Crippen LogP contribution in [0.15, 0.2) is 58.3 Å². The van der Waals surface area contributed by atoms with Gasteiger partial charge in [-0.25, -0.2) is 0 Å². The van der Waals surface area contributed by atoms with Crippen LogP contribution < -0.4 is 5.11 Å². The lowest BCUT2D eigenvalue weighted by Gasteiger charge is -2.06. The lowest BCUT2D eigenvalue weighted by Crippen LogP contribution is -2.18. The summed E-state index contributed by atoms with van der Waals surface area (Å²) in [6.45, 7) is 0. The molecule has 0 spiro atoms. The van der Waals surface area contributed by atoms with Gasteiger partial charge in [-0.15, -0.1) is 0 Å². The van der Waals surface area contributed by atoms with Gasteiger partial charge in [0.1, 0.15) is 0 Å². The first-order valence-corrected chi connectivity index (χ1v) is 7.26. The Morgan fingerprint density at radius 1 is 1.18 bits per heavy atom. The van der Waals surface area contributed by atoms with Gasteiger partial charge in [0.15, 0.2) is 0 Å². The minimum Gasteiger partial charge on any atom is -0.545 e. The molecule has 0 radical (unpaired) electrons. The van der Waals surface area contributed by atoms with Gasteiger partial charge in [0.2, 0.25) is 0 Å². The molecule has 0 atom stereocenters. The van der Waals surface area contributed by atoms with Gasteiger partial charge >= 0.3 is 0 Å². The van der Waals surface area contributed by atoms with Crippen LogP contribution in [-0.2, 0) is 4.79 Å². The second kappa shape index (κ2) is 7.11. The van der Waals surface area contributed by atoms with Gasteiger partial charge in [-0.3, -0.25) is 10.1 Å². The molecule has 0 N–H and O–H groups in total. The van der Waals surface area contributed by atoms with Crippen molar-refractivity contribution in [1.29, 1.82) is 0 Å². The number of carboxylic acid groups (broad SMARTS) is 1. The number of aliphatic carboxylic acids is 1. The molecule has 0 aliphatic heterocycles. The van der Waals surface area contributed by atoms with E-state index in [1.54, 1.807) is 30.3 Å². The summed E-state index contributed by atoms with van der Waals surface area (Å²) in [5.41, 5.74) is 0.316. The maximum atomic E-state index is 10.8. The highest BCUT2D eigenvalue weighted by Crippen LogP contribution is 2.33. The molecular formula is C15H9ClNO4S-. The molecule has 2 rings (SSSR count). The number of nitrogens with zero attached hydrogens (tertiary/aromatic N) is 1. The number of carbonyl (C=O) groups is 1. The molecule has 0 amide bonds. The van der Waals surface area contributed by atoms with Crippen LogP contribution in [0.4, 0.5) is 5.69 Å². The van der Waals surface area contributed by atoms with Crippen LogP contribution >= 0.6 is 23.4 Å². The van der Waals surface area contributed by atoms with Crippen molar-refractivity contribution < 1.29 is 14.8 Å². The SMILES string of the molecule is O=C([O-])C=Cc1cc([N+](=O)[O-])ccc1Sc1ccc(Cl)cc1. The van der Waals surface area contributed by atoms with E-state index < -0.39 is 10.9 Å². The molecule has 22 heavy (non-hydrogen) atoms. The molecule has 0 saturated heterocycles. The number of halogens is 1. The van der Waals surface area contributed by atoms with E-state index in [2.05, 4.69) is 0 Å². The number of hydrogen-bond acceptors (Lipinski definition) is 5. The number of benzene rings is 2. The summed E-state index contributed by atoms with van der Waals surface area (Å²) in [6, 6.07) is 11.3. The summed E-state index contributed by atoms with van der Waals surface area (Å²) in [5, 5.41) is 22.0. The Morgan fingerprint density at radius 3 is 2.45 bits per heavy atom. The van der Waals surface area contributed by atoms with E-state index >= 15 is 0 Å². The Balaban J connectivity index is 2.38. The van der Waals surface area contributed by atoms with Crippen LogP contribution in [0.25, 0.3) is 6.08 Å². The molecule has 0 heterocycles. The van der Waals surface area contributed by atoms with Crippen molar-refractivity contribution in [2.24, 2.45) is 0 Å². The van der Waals surface area contributed by atoms with Crippen LogP contribution in [-0.4, -0.2) is 10.9 Å². The first kappa shape index (κ1) is 16.1. The molecule has 0 aromatic heterocycles. The maximum absolute atomic E-state index is 10.8. The predicted molar refractivity (Wildman–Crippen MR) is 82.7 cm³/mol. The van der Waals surface area contributed by atoms with E-state index in [1.165, 1.54) is 30.0 Å². The zero-order chi connectivity index (χ0) is 16.1. The fourth-order valence-electron chi connectivity index (χ4n) is 1.66. The minimum absolute atomic E-state index is 0.113. The molecule has 0 fully saturated rings. The van der Waals surface area contributed by atoms with Gasteiger partial charge in [0.05, 0.1) is 10.9 Å². The number of nitro benzene ring substituents is 1. The van der Waals surface area contributed by atoms with Crippen molar-refractivity contribution in [3.63, 3.8) is 0 Å². The molecule has 5 nitrogen and oxygen atoms in total. The molecule has 7 heteroatoms. The maximum Gasteiger partial charge on any atom is 0.270 e. The van der Waals surface area contributed by atoms with Gasteiger partial charge in [0, 0.05) is 26.9 Å². The first-order chi connectivity index (χ1) is 10.5. The fourth-order valence-corrected chi connectivity index (χ4v) is 2.69. The molecule has 0 aliphatic rings. The highest BCUT2D eigenvalue weighted by Gasteiger charge is 2.10. The number of non-ortho nitro benzene ring substituents is 1. The van der Waals surface area contributed by atoms with E-state index in [4.69, 9.17) is 11.6 Å². The zero-order valence-corrected chi connectivity index (χ0v) is 12.6. The minimum atomic E-state index is -1.37. The third-order valence-corrected chi connectivity index (χ3v) is 4.00. The summed E-state index contributed by atoms with van der Waals surface area (Å²) < 4.78 is 0. The Hall–Kier alpha value is -2.31. The van der Waals surface area contributed by atoms with Crippen LogP contribution in [0.2, 0.25) is 5.02 Å². The predicted octanol–water partition coefficient (Wildman–Crippen LogP) is 3.16. The van der Waals surface area contributed by atoms with E-state index in [9.17, 15) is 20.0 Å². The average Bonchev–Trinajstić information content (AvgIpc) is 2.48. The Morgan fingerprint density at radius 2 is 1.86 bits per heavy atom. The quantitative estimate of drug-likeness (QED) is 0.476. The molecule has 112 valence electrons. The summed E-state index contributed by atoms with van der Waals surface area (Å²) in [6.07, 6.45) is 2.12. The Bertz CT molecular complexity index is 744. The van der Waals surface area contributed by atoms with Crippen molar-refractivity contribution >= 4 is 41.1 Å².